The van der Waals surface area contributed by atoms with Gasteiger partial charge in [-0.2, -0.15) is 0 Å². The number of nitrogen functional groups attached to an aromatic ring is 4. The highest BCUT2D eigenvalue weighted by Crippen LogP contribution is 2.31. The van der Waals surface area contributed by atoms with Crippen LogP contribution in [-0.4, -0.2) is 172 Å². The maximum absolute atomic E-state index is 12.7. The molecule has 6 heterocycles. The van der Waals surface area contributed by atoms with Crippen LogP contribution in [0.4, 0.5) is 28.1 Å². The fourth-order valence-corrected chi connectivity index (χ4v) is 15.3. The zero-order chi connectivity index (χ0) is 91.9. The minimum atomic E-state index is -0.512. The number of carbonyl (C=O) groups excluding carboxylic acids is 5. The van der Waals surface area contributed by atoms with Gasteiger partial charge < -0.3 is 52.2 Å². The minimum absolute atomic E-state index is 0.00413. The van der Waals surface area contributed by atoms with E-state index in [2.05, 4.69) is 77.1 Å². The number of ketones is 4. The van der Waals surface area contributed by atoms with Gasteiger partial charge in [-0.15, -0.1) is 0 Å². The quantitative estimate of drug-likeness (QED) is 0.0213. The Bertz CT molecular complexity index is 6210. The van der Waals surface area contributed by atoms with Crippen LogP contribution in [0.25, 0.3) is 43.1 Å². The number of fused-ring (bicyclic) bond motifs is 4. The van der Waals surface area contributed by atoms with Crippen LogP contribution in [-0.2, 0) is 9.47 Å². The molecule has 1 amide bonds. The fraction of sp³-hybridized carbons (Fsp3) is 0.305. The van der Waals surface area contributed by atoms with Crippen LogP contribution >= 0.6 is 46.4 Å². The molecular weight excluding hydrogens is 1700 g/mol. The van der Waals surface area contributed by atoms with Crippen LogP contribution in [0.15, 0.2) is 195 Å². The van der Waals surface area contributed by atoms with Crippen molar-refractivity contribution in [3.05, 3.63) is 281 Å². The van der Waals surface area contributed by atoms with Gasteiger partial charge in [0.05, 0.1) is 28.4 Å². The average Bonchev–Trinajstić information content (AvgIpc) is 0.812. The molecule has 1 unspecified atom stereocenters. The van der Waals surface area contributed by atoms with Gasteiger partial charge in [0.25, 0.3) is 0 Å². The first kappa shape index (κ1) is 97.4. The van der Waals surface area contributed by atoms with Crippen molar-refractivity contribution in [1.29, 1.82) is 0 Å². The number of halogens is 4. The van der Waals surface area contributed by atoms with E-state index in [1.165, 1.54) is 32.4 Å². The molecular formula is C105H108Cl4N12O8. The number of methoxy groups -OCH3 is 1. The molecule has 14 rings (SSSR count). The van der Waals surface area contributed by atoms with E-state index in [1.54, 1.807) is 67.1 Å². The van der Waals surface area contributed by atoms with Gasteiger partial charge in [-0.3, -0.25) is 24.1 Å². The van der Waals surface area contributed by atoms with Crippen molar-refractivity contribution < 1.29 is 38.6 Å². The Kier molecular flexibility index (Phi) is 36.4. The Morgan fingerprint density at radius 3 is 1.02 bits per heavy atom. The van der Waals surface area contributed by atoms with Crippen LogP contribution in [0.5, 0.6) is 0 Å². The number of benzene rings is 8. The number of aromatic nitrogens is 4. The number of likely N-dealkylation sites (N-methyl/N-ethyl adjacent to an activating group) is 1. The van der Waals surface area contributed by atoms with Crippen LogP contribution in [0, 0.1) is 47.4 Å². The van der Waals surface area contributed by atoms with E-state index in [9.17, 15) is 29.1 Å². The van der Waals surface area contributed by atoms with Crippen LogP contribution in [0.1, 0.15) is 197 Å². The summed E-state index contributed by atoms with van der Waals surface area (Å²) in [5.41, 5.74) is 32.2. The molecule has 2 saturated heterocycles. The van der Waals surface area contributed by atoms with E-state index >= 15 is 0 Å². The summed E-state index contributed by atoms with van der Waals surface area (Å²) in [6, 6.07) is 51.4. The molecule has 1 atom stereocenters. The molecule has 12 aromatic rings. The highest BCUT2D eigenvalue weighted by molar-refractivity contribution is 6.32. The van der Waals surface area contributed by atoms with Crippen molar-refractivity contribution >= 4 is 142 Å². The zero-order valence-electron chi connectivity index (χ0n) is 73.7. The number of rotatable bonds is 24. The summed E-state index contributed by atoms with van der Waals surface area (Å²) < 4.78 is 10.5. The molecule has 4 aromatic heterocycles. The first-order valence-electron chi connectivity index (χ1n) is 43.3. The maximum atomic E-state index is 12.7. The van der Waals surface area contributed by atoms with Crippen LogP contribution < -0.4 is 22.9 Å². The zero-order valence-corrected chi connectivity index (χ0v) is 76.8. The molecule has 129 heavy (non-hydrogen) atoms. The number of piperidine rings is 1. The predicted molar refractivity (Wildman–Crippen MR) is 523 cm³/mol. The Morgan fingerprint density at radius 2 is 0.713 bits per heavy atom. The number of piperazine rings is 1. The Balaban J connectivity index is 0.000000168. The highest BCUT2D eigenvalue weighted by atomic mass is 35.5. The number of unbranched alkanes of at least 4 members (excludes halogenated alkanes) is 3. The summed E-state index contributed by atoms with van der Waals surface area (Å²) in [6.07, 6.45) is 17.9. The lowest BCUT2D eigenvalue weighted by atomic mass is 10.0. The number of hydrogen-bond acceptors (Lipinski definition) is 19. The van der Waals surface area contributed by atoms with Gasteiger partial charge in [0.1, 0.15) is 28.9 Å². The standard InChI is InChI=1S/C31H35ClN4O3.C27H28ClN3O.C24H24ClN3O2.C23H21ClN2O2/c1-31(2,3)39-30(38)36-18-16-35(17-19-36)15-5-4-6-28(37)23-10-7-22(8-11-23)9-14-26-27-20-25(32)13-12-24(27)21-34-29(26)33;28-23-13-12-22-19-30-27(29)24(25(22)18-23)14-9-20-7-10-21(11-8-20)26(32)6-2-5-17-31-15-3-1-4-16-31;1-28(2)15-20(29)10-12-23(30)17-6-3-16(4-7-17)5-11-21-22-13-19(25)9-8-18(22)14-27-24(21)26;1-28-13-3-2-4-22(27)17-8-5-16(6-9-17)7-12-20-21-14-19(24)11-10-18(21)15-26-23(20)25/h7-8,10-13,20-21H,4-6,15-19H2,1-3H3,(H2,33,34);7-8,10-13,18-19H,1-6,15-17H2,(H2,29,30);3-4,6-9,13-14,20,29H,10,12,15H2,1-2H3,(H2,26,27);5-6,8-11,14-15H,2-4,13H2,1H3,(H2,25,26). The maximum Gasteiger partial charge on any atom is 0.410 e. The van der Waals surface area contributed by atoms with Crippen molar-refractivity contribution in [2.24, 2.45) is 0 Å². The topological polar surface area (TPSA) is 293 Å². The third kappa shape index (κ3) is 29.9. The fourth-order valence-electron chi connectivity index (χ4n) is 14.6. The number of aliphatic hydroxyl groups excluding tert-OH is 1. The largest absolute Gasteiger partial charge is 0.444 e. The predicted octanol–water partition coefficient (Wildman–Crippen LogP) is 20.1. The second-order valence-electron chi connectivity index (χ2n) is 33.0. The molecule has 2 fully saturated rings. The molecule has 0 spiro atoms. The summed E-state index contributed by atoms with van der Waals surface area (Å²) in [7, 11) is 5.45. The molecule has 0 aliphatic carbocycles. The summed E-state index contributed by atoms with van der Waals surface area (Å²) in [6.45, 7) is 14.3. The lowest BCUT2D eigenvalue weighted by Gasteiger charge is -2.35. The van der Waals surface area contributed by atoms with E-state index in [1.807, 2.05) is 179 Å². The third-order valence-electron chi connectivity index (χ3n) is 21.7. The van der Waals surface area contributed by atoms with Gasteiger partial charge >= 0.3 is 6.09 Å². The summed E-state index contributed by atoms with van der Waals surface area (Å²) in [4.78, 5) is 87.4. The highest BCUT2D eigenvalue weighted by Gasteiger charge is 2.26. The van der Waals surface area contributed by atoms with Crippen LogP contribution in [0.2, 0.25) is 20.1 Å². The second-order valence-corrected chi connectivity index (χ2v) is 34.8. The first-order chi connectivity index (χ1) is 62.1. The number of pyridine rings is 4. The Labute approximate surface area is 775 Å². The van der Waals surface area contributed by atoms with E-state index in [4.69, 9.17) is 78.8 Å². The number of nitrogens with two attached hydrogens (primary N) is 4. The van der Waals surface area contributed by atoms with Gasteiger partial charge in [0.2, 0.25) is 0 Å². The molecule has 8 aromatic carbocycles. The first-order valence-corrected chi connectivity index (χ1v) is 44.8. The number of anilines is 4. The number of nitrogens with zero attached hydrogens (tertiary/aromatic N) is 8. The summed E-state index contributed by atoms with van der Waals surface area (Å²) in [5.74, 6) is 26.8. The van der Waals surface area contributed by atoms with Gasteiger partial charge in [-0.1, -0.05) is 173 Å². The van der Waals surface area contributed by atoms with E-state index in [0.717, 1.165) is 136 Å². The molecule has 0 saturated carbocycles. The van der Waals surface area contributed by atoms with Crippen molar-refractivity contribution in [1.82, 2.24) is 39.5 Å². The molecule has 0 radical (unpaired) electrons. The van der Waals surface area contributed by atoms with E-state index in [-0.39, 0.29) is 29.2 Å². The number of ether oxygens (including phenoxy) is 2. The average molecular weight is 1810 g/mol. The van der Waals surface area contributed by atoms with Crippen molar-refractivity contribution in [2.45, 2.75) is 122 Å². The Hall–Kier alpha value is -12.3. The molecule has 664 valence electrons. The molecule has 24 heteroatoms. The molecule has 2 aliphatic heterocycles. The van der Waals surface area contributed by atoms with E-state index in [0.29, 0.717) is 141 Å². The Morgan fingerprint density at radius 1 is 0.411 bits per heavy atom. The third-order valence-corrected chi connectivity index (χ3v) is 22.6. The summed E-state index contributed by atoms with van der Waals surface area (Å²) >= 11 is 24.5. The second kappa shape index (κ2) is 48.2. The summed E-state index contributed by atoms with van der Waals surface area (Å²) in [5, 5.41) is 19.5. The molecule has 0 bridgehead atoms. The van der Waals surface area contributed by atoms with Crippen molar-refractivity contribution in [3.63, 3.8) is 0 Å². The van der Waals surface area contributed by atoms with Gasteiger partial charge in [-0.25, -0.2) is 24.7 Å². The van der Waals surface area contributed by atoms with E-state index < -0.39 is 11.7 Å². The normalized spacial score (nSPS) is 12.8. The number of aliphatic hydroxyl groups is 1. The number of Topliss-reactive ketones (excluding diaryl/α,β-unsaturated/α-hetero) is 4. The van der Waals surface area contributed by atoms with Gasteiger partial charge in [-0.05, 0) is 216 Å². The number of amides is 1. The lowest BCUT2D eigenvalue weighted by Crippen LogP contribution is -2.50. The molecule has 2 aliphatic rings. The number of carbonyl (C=O) groups is 5. The SMILES string of the molecule is CC(C)(C)OC(=O)N1CCN(CCCCC(=O)c2ccc(C#Cc3c(N)ncc4ccc(Cl)cc34)cc2)CC1.CN(C)CC(O)CCC(=O)c1ccc(C#Cc2c(N)ncc3ccc(Cl)cc23)cc1.COCCCCC(=O)c1ccc(C#Cc2c(N)ncc3ccc(Cl)cc23)cc1.Nc1ncc2ccc(Cl)cc2c1C#Cc1ccc(C(=O)CCCCN2CCCCC2)cc1. The van der Waals surface area contributed by atoms with Gasteiger partial charge in [0, 0.05) is 205 Å². The van der Waals surface area contributed by atoms with Crippen LogP contribution in [0.3, 0.4) is 0 Å². The van der Waals surface area contributed by atoms with Crippen molar-refractivity contribution in [2.75, 3.05) is 110 Å². The number of hydrogen-bond donors (Lipinski definition) is 5. The van der Waals surface area contributed by atoms with Gasteiger partial charge in [0.15, 0.2) is 23.1 Å². The molecule has 9 N–H and O–H groups in total. The lowest BCUT2D eigenvalue weighted by molar-refractivity contribution is 0.0143. The number of likely N-dealkylation sites (tertiary alicyclic amines) is 1. The molecule has 20 nitrogen and oxygen atoms in total. The minimum Gasteiger partial charge on any atom is -0.444 e. The smallest absolute Gasteiger partial charge is 0.410 e. The monoisotopic (exact) mass is 1800 g/mol. The van der Waals surface area contributed by atoms with Crippen molar-refractivity contribution in [3.8, 4) is 47.4 Å².